The number of nitrogens with zero attached hydrogens (tertiary/aromatic N) is 3. The first kappa shape index (κ1) is 17.3. The zero-order valence-corrected chi connectivity index (χ0v) is 14.4. The van der Waals surface area contributed by atoms with Crippen molar-refractivity contribution in [1.29, 1.82) is 0 Å². The summed E-state index contributed by atoms with van der Waals surface area (Å²) in [6.07, 6.45) is 0. The normalized spacial score (nSPS) is 15.1. The van der Waals surface area contributed by atoms with Crippen molar-refractivity contribution in [2.24, 2.45) is 5.73 Å². The van der Waals surface area contributed by atoms with Crippen LogP contribution in [-0.2, 0) is 4.74 Å². The van der Waals surface area contributed by atoms with Gasteiger partial charge in [0.2, 0.25) is 5.91 Å². The summed E-state index contributed by atoms with van der Waals surface area (Å²) in [6.45, 7) is 7.27. The smallest absolute Gasteiger partial charge is 0.248 e. The lowest BCUT2D eigenvalue weighted by atomic mass is 10.1. The molecule has 25 heavy (non-hydrogen) atoms. The minimum Gasteiger partial charge on any atom is -0.379 e. The molecule has 3 N–H and O–H groups in total. The summed E-state index contributed by atoms with van der Waals surface area (Å²) in [5, 5.41) is 3.36. The SMILES string of the molecule is Cc1cc(NCCN2CCOCC2)nc(-c2ccc(C(N)=O)cc2)n1. The van der Waals surface area contributed by atoms with Gasteiger partial charge < -0.3 is 15.8 Å². The summed E-state index contributed by atoms with van der Waals surface area (Å²) in [5.74, 6) is 0.988. The van der Waals surface area contributed by atoms with Crippen molar-refractivity contribution in [2.75, 3.05) is 44.7 Å². The molecule has 0 aliphatic carbocycles. The second kappa shape index (κ2) is 8.04. The highest BCUT2D eigenvalue weighted by atomic mass is 16.5. The maximum atomic E-state index is 11.2. The third kappa shape index (κ3) is 4.74. The molecule has 3 rings (SSSR count). The van der Waals surface area contributed by atoms with Crippen LogP contribution in [0.4, 0.5) is 5.82 Å². The number of hydrogen-bond donors (Lipinski definition) is 2. The van der Waals surface area contributed by atoms with Crippen LogP contribution in [0.15, 0.2) is 30.3 Å². The van der Waals surface area contributed by atoms with Crippen LogP contribution in [0.1, 0.15) is 16.1 Å². The third-order valence-electron chi connectivity index (χ3n) is 4.12. The van der Waals surface area contributed by atoms with Crippen molar-refractivity contribution in [3.63, 3.8) is 0 Å². The second-order valence-corrected chi connectivity index (χ2v) is 6.04. The fraction of sp³-hybridized carbons (Fsp3) is 0.389. The van der Waals surface area contributed by atoms with Crippen LogP contribution in [0.5, 0.6) is 0 Å². The molecule has 1 aliphatic heterocycles. The Morgan fingerprint density at radius 3 is 2.64 bits per heavy atom. The number of rotatable bonds is 6. The summed E-state index contributed by atoms with van der Waals surface area (Å²) < 4.78 is 5.36. The number of primary amides is 1. The van der Waals surface area contributed by atoms with E-state index in [2.05, 4.69) is 20.2 Å². The molecule has 2 aromatic rings. The largest absolute Gasteiger partial charge is 0.379 e. The molecule has 0 saturated carbocycles. The number of carbonyl (C=O) groups is 1. The van der Waals surface area contributed by atoms with E-state index in [0.717, 1.165) is 56.5 Å². The van der Waals surface area contributed by atoms with Crippen molar-refractivity contribution in [1.82, 2.24) is 14.9 Å². The molecule has 1 aromatic carbocycles. The van der Waals surface area contributed by atoms with Gasteiger partial charge in [0.05, 0.1) is 13.2 Å². The number of anilines is 1. The Hall–Kier alpha value is -2.51. The van der Waals surface area contributed by atoms with Crippen molar-refractivity contribution in [3.8, 4) is 11.4 Å². The van der Waals surface area contributed by atoms with E-state index in [0.29, 0.717) is 11.4 Å². The van der Waals surface area contributed by atoms with E-state index in [1.54, 1.807) is 12.1 Å². The highest BCUT2D eigenvalue weighted by molar-refractivity contribution is 5.93. The lowest BCUT2D eigenvalue weighted by molar-refractivity contribution is 0.0398. The van der Waals surface area contributed by atoms with Crippen LogP contribution >= 0.6 is 0 Å². The van der Waals surface area contributed by atoms with E-state index in [9.17, 15) is 4.79 Å². The molecule has 1 aromatic heterocycles. The summed E-state index contributed by atoms with van der Waals surface area (Å²) in [7, 11) is 0. The van der Waals surface area contributed by atoms with E-state index in [-0.39, 0.29) is 0 Å². The minimum absolute atomic E-state index is 0.442. The molecule has 0 bridgehead atoms. The van der Waals surface area contributed by atoms with Crippen LogP contribution in [0.2, 0.25) is 0 Å². The molecular formula is C18H23N5O2. The Kier molecular flexibility index (Phi) is 5.57. The quantitative estimate of drug-likeness (QED) is 0.822. The molecule has 0 unspecified atom stereocenters. The first-order chi connectivity index (χ1) is 12.1. The zero-order valence-electron chi connectivity index (χ0n) is 14.4. The number of amides is 1. The number of aromatic nitrogens is 2. The minimum atomic E-state index is -0.442. The van der Waals surface area contributed by atoms with Gasteiger partial charge >= 0.3 is 0 Å². The maximum absolute atomic E-state index is 11.2. The van der Waals surface area contributed by atoms with Crippen LogP contribution < -0.4 is 11.1 Å². The molecule has 0 radical (unpaired) electrons. The van der Waals surface area contributed by atoms with Gasteiger partial charge in [-0.05, 0) is 19.1 Å². The van der Waals surface area contributed by atoms with Gasteiger partial charge in [0.1, 0.15) is 5.82 Å². The Bertz CT molecular complexity index is 727. The zero-order chi connectivity index (χ0) is 17.6. The van der Waals surface area contributed by atoms with Crippen LogP contribution in [-0.4, -0.2) is 60.2 Å². The van der Waals surface area contributed by atoms with Gasteiger partial charge in [-0.15, -0.1) is 0 Å². The van der Waals surface area contributed by atoms with Crippen molar-refractivity contribution < 1.29 is 9.53 Å². The van der Waals surface area contributed by atoms with E-state index >= 15 is 0 Å². The Labute approximate surface area is 147 Å². The van der Waals surface area contributed by atoms with Gasteiger partial charge in [0, 0.05) is 49.1 Å². The van der Waals surface area contributed by atoms with Gasteiger partial charge in [-0.25, -0.2) is 9.97 Å². The molecule has 1 aliphatic rings. The lowest BCUT2D eigenvalue weighted by Crippen LogP contribution is -2.39. The molecule has 1 fully saturated rings. The molecule has 7 heteroatoms. The van der Waals surface area contributed by atoms with Gasteiger partial charge in [-0.3, -0.25) is 9.69 Å². The predicted molar refractivity (Wildman–Crippen MR) is 96.5 cm³/mol. The maximum Gasteiger partial charge on any atom is 0.248 e. The van der Waals surface area contributed by atoms with Gasteiger partial charge in [0.15, 0.2) is 5.82 Å². The first-order valence-corrected chi connectivity index (χ1v) is 8.42. The molecule has 132 valence electrons. The Morgan fingerprint density at radius 1 is 1.24 bits per heavy atom. The lowest BCUT2D eigenvalue weighted by Gasteiger charge is -2.26. The fourth-order valence-electron chi connectivity index (χ4n) is 2.74. The summed E-state index contributed by atoms with van der Waals surface area (Å²) in [6, 6.07) is 8.93. The highest BCUT2D eigenvalue weighted by Gasteiger charge is 2.10. The monoisotopic (exact) mass is 341 g/mol. The molecule has 1 amide bonds. The topological polar surface area (TPSA) is 93.4 Å². The van der Waals surface area contributed by atoms with Gasteiger partial charge in [-0.2, -0.15) is 0 Å². The average Bonchev–Trinajstić information content (AvgIpc) is 2.62. The number of morpholine rings is 1. The van der Waals surface area contributed by atoms with Crippen LogP contribution in [0, 0.1) is 6.92 Å². The number of nitrogens with two attached hydrogens (primary N) is 1. The highest BCUT2D eigenvalue weighted by Crippen LogP contribution is 2.18. The fourth-order valence-corrected chi connectivity index (χ4v) is 2.74. The first-order valence-electron chi connectivity index (χ1n) is 8.42. The molecule has 2 heterocycles. The number of nitrogens with one attached hydrogen (secondary N) is 1. The second-order valence-electron chi connectivity index (χ2n) is 6.04. The summed E-state index contributed by atoms with van der Waals surface area (Å²) in [4.78, 5) is 22.6. The van der Waals surface area contributed by atoms with Crippen molar-refractivity contribution >= 4 is 11.7 Å². The number of aryl methyl sites for hydroxylation is 1. The van der Waals surface area contributed by atoms with E-state index in [4.69, 9.17) is 10.5 Å². The van der Waals surface area contributed by atoms with Crippen molar-refractivity contribution in [2.45, 2.75) is 6.92 Å². The van der Waals surface area contributed by atoms with Crippen molar-refractivity contribution in [3.05, 3.63) is 41.6 Å². The van der Waals surface area contributed by atoms with Crippen LogP contribution in [0.25, 0.3) is 11.4 Å². The average molecular weight is 341 g/mol. The Balaban J connectivity index is 1.66. The van der Waals surface area contributed by atoms with E-state index in [1.807, 2.05) is 25.1 Å². The number of benzene rings is 1. The van der Waals surface area contributed by atoms with E-state index in [1.165, 1.54) is 0 Å². The predicted octanol–water partition coefficient (Wildman–Crippen LogP) is 1.30. The standard InChI is InChI=1S/C18H23N5O2/c1-13-12-16(20-6-7-23-8-10-25-11-9-23)22-18(21-13)15-4-2-14(3-5-15)17(19)24/h2-5,12H,6-11H2,1H3,(H2,19,24)(H,20,21,22). The molecule has 0 atom stereocenters. The molecule has 0 spiro atoms. The number of hydrogen-bond acceptors (Lipinski definition) is 6. The van der Waals surface area contributed by atoms with Crippen LogP contribution in [0.3, 0.4) is 0 Å². The van der Waals surface area contributed by atoms with Gasteiger partial charge in [-0.1, -0.05) is 12.1 Å². The molecule has 1 saturated heterocycles. The summed E-state index contributed by atoms with van der Waals surface area (Å²) in [5.41, 5.74) is 7.49. The summed E-state index contributed by atoms with van der Waals surface area (Å²) >= 11 is 0. The van der Waals surface area contributed by atoms with E-state index < -0.39 is 5.91 Å². The molecular weight excluding hydrogens is 318 g/mol. The van der Waals surface area contributed by atoms with Gasteiger partial charge in [0.25, 0.3) is 0 Å². The molecule has 7 nitrogen and oxygen atoms in total. The number of carbonyl (C=O) groups excluding carboxylic acids is 1. The third-order valence-corrected chi connectivity index (χ3v) is 4.12. The Morgan fingerprint density at radius 2 is 1.96 bits per heavy atom. The number of ether oxygens (including phenoxy) is 1.